The van der Waals surface area contributed by atoms with Crippen LogP contribution in [0.25, 0.3) is 21.9 Å². The largest absolute Gasteiger partial charge is 0.497 e. The van der Waals surface area contributed by atoms with E-state index in [-0.39, 0.29) is 0 Å². The third-order valence-electron chi connectivity index (χ3n) is 4.99. The van der Waals surface area contributed by atoms with Gasteiger partial charge >= 0.3 is 0 Å². The molecule has 0 amide bonds. The van der Waals surface area contributed by atoms with Gasteiger partial charge in [0, 0.05) is 25.0 Å². The molecule has 3 N–H and O–H groups in total. The van der Waals surface area contributed by atoms with Crippen molar-refractivity contribution in [1.29, 1.82) is 0 Å². The summed E-state index contributed by atoms with van der Waals surface area (Å²) in [7, 11) is 1.69. The maximum absolute atomic E-state index is 6.16. The van der Waals surface area contributed by atoms with Gasteiger partial charge in [0.15, 0.2) is 5.82 Å². The second-order valence-corrected chi connectivity index (χ2v) is 7.79. The summed E-state index contributed by atoms with van der Waals surface area (Å²) in [6.07, 6.45) is 1.87. The monoisotopic (exact) mass is 389 g/mol. The zero-order valence-corrected chi connectivity index (χ0v) is 17.1. The SMILES string of the molecule is COc1cccc(CNCc2ccc3nc(N)c4ncn(CC(C)C)c4c3c2)c1. The number of nitrogens with zero attached hydrogens (tertiary/aromatic N) is 3. The van der Waals surface area contributed by atoms with Crippen molar-refractivity contribution < 1.29 is 4.74 Å². The fraction of sp³-hybridized carbons (Fsp3) is 0.304. The summed E-state index contributed by atoms with van der Waals surface area (Å²) < 4.78 is 7.48. The van der Waals surface area contributed by atoms with Gasteiger partial charge in [-0.15, -0.1) is 0 Å². The zero-order chi connectivity index (χ0) is 20.4. The van der Waals surface area contributed by atoms with Crippen LogP contribution in [0.1, 0.15) is 25.0 Å². The molecule has 29 heavy (non-hydrogen) atoms. The summed E-state index contributed by atoms with van der Waals surface area (Å²) in [5.74, 6) is 1.88. The van der Waals surface area contributed by atoms with E-state index in [9.17, 15) is 0 Å². The van der Waals surface area contributed by atoms with Crippen LogP contribution in [0.4, 0.5) is 5.82 Å². The van der Waals surface area contributed by atoms with Crippen LogP contribution in [0.2, 0.25) is 0 Å². The Kier molecular flexibility index (Phi) is 5.36. The van der Waals surface area contributed by atoms with Crippen molar-refractivity contribution in [2.45, 2.75) is 33.5 Å². The first kappa shape index (κ1) is 19.2. The zero-order valence-electron chi connectivity index (χ0n) is 17.1. The Morgan fingerprint density at radius 3 is 2.66 bits per heavy atom. The number of nitrogens with one attached hydrogen (secondary N) is 1. The molecule has 0 atom stereocenters. The van der Waals surface area contributed by atoms with Gasteiger partial charge in [0.05, 0.1) is 24.5 Å². The van der Waals surface area contributed by atoms with E-state index >= 15 is 0 Å². The standard InChI is InChI=1S/C23H27N5O/c1-15(2)13-28-14-26-21-22(28)19-10-17(7-8-20(19)27-23(21)24)12-25-11-16-5-4-6-18(9-16)29-3/h4-10,14-15,25H,11-13H2,1-3H3,(H2,24,27). The summed E-state index contributed by atoms with van der Waals surface area (Å²) in [5, 5.41) is 4.60. The Hall–Kier alpha value is -3.12. The normalized spacial score (nSPS) is 11.6. The highest BCUT2D eigenvalue weighted by Crippen LogP contribution is 2.28. The van der Waals surface area contributed by atoms with Crippen molar-refractivity contribution in [2.24, 2.45) is 5.92 Å². The fourth-order valence-electron chi connectivity index (χ4n) is 3.68. The van der Waals surface area contributed by atoms with Crippen molar-refractivity contribution >= 4 is 27.8 Å². The van der Waals surface area contributed by atoms with Crippen molar-refractivity contribution in [3.8, 4) is 5.75 Å². The Morgan fingerprint density at radius 2 is 1.90 bits per heavy atom. The first-order valence-corrected chi connectivity index (χ1v) is 9.91. The van der Waals surface area contributed by atoms with E-state index in [4.69, 9.17) is 10.5 Å². The Morgan fingerprint density at radius 1 is 1.10 bits per heavy atom. The predicted molar refractivity (Wildman–Crippen MR) is 118 cm³/mol. The molecular weight excluding hydrogens is 362 g/mol. The molecule has 2 aromatic heterocycles. The van der Waals surface area contributed by atoms with Crippen molar-refractivity contribution in [3.63, 3.8) is 0 Å². The number of rotatable bonds is 7. The molecular formula is C23H27N5O. The van der Waals surface area contributed by atoms with E-state index in [1.807, 2.05) is 30.6 Å². The number of methoxy groups -OCH3 is 1. The van der Waals surface area contributed by atoms with Gasteiger partial charge < -0.3 is 20.4 Å². The average molecular weight is 390 g/mol. The molecule has 0 saturated carbocycles. The number of aromatic nitrogens is 3. The van der Waals surface area contributed by atoms with E-state index in [2.05, 4.69) is 51.9 Å². The van der Waals surface area contributed by atoms with Gasteiger partial charge in [-0.3, -0.25) is 0 Å². The Bertz CT molecular complexity index is 1150. The molecule has 0 spiro atoms. The van der Waals surface area contributed by atoms with Gasteiger partial charge in [-0.1, -0.05) is 32.0 Å². The molecule has 0 saturated heterocycles. The molecule has 0 aliphatic heterocycles. The van der Waals surface area contributed by atoms with Gasteiger partial charge in [0.2, 0.25) is 0 Å². The van der Waals surface area contributed by atoms with Crippen molar-refractivity contribution in [3.05, 3.63) is 59.9 Å². The van der Waals surface area contributed by atoms with E-state index < -0.39 is 0 Å². The molecule has 0 aliphatic carbocycles. The Balaban J connectivity index is 1.61. The van der Waals surface area contributed by atoms with E-state index in [0.29, 0.717) is 11.7 Å². The Labute approximate surface area is 170 Å². The number of imidazole rings is 1. The quantitative estimate of drug-likeness (QED) is 0.497. The third-order valence-corrected chi connectivity index (χ3v) is 4.99. The van der Waals surface area contributed by atoms with Crippen molar-refractivity contribution in [1.82, 2.24) is 19.9 Å². The summed E-state index contributed by atoms with van der Waals surface area (Å²) >= 11 is 0. The first-order chi connectivity index (χ1) is 14.0. The number of fused-ring (bicyclic) bond motifs is 3. The molecule has 6 nitrogen and oxygen atoms in total. The van der Waals surface area contributed by atoms with Gasteiger partial charge in [-0.25, -0.2) is 9.97 Å². The van der Waals surface area contributed by atoms with Crippen LogP contribution in [0.5, 0.6) is 5.75 Å². The van der Waals surface area contributed by atoms with Crippen LogP contribution in [-0.4, -0.2) is 21.6 Å². The number of benzene rings is 2. The lowest BCUT2D eigenvalue weighted by Gasteiger charge is -2.11. The first-order valence-electron chi connectivity index (χ1n) is 9.91. The minimum Gasteiger partial charge on any atom is -0.497 e. The molecule has 0 radical (unpaired) electrons. The molecule has 6 heteroatoms. The molecule has 0 unspecified atom stereocenters. The highest BCUT2D eigenvalue weighted by molar-refractivity contribution is 6.06. The molecule has 2 heterocycles. The lowest BCUT2D eigenvalue weighted by atomic mass is 10.1. The maximum atomic E-state index is 6.16. The topological polar surface area (TPSA) is 78.0 Å². The molecule has 4 rings (SSSR count). The lowest BCUT2D eigenvalue weighted by molar-refractivity contribution is 0.414. The smallest absolute Gasteiger partial charge is 0.152 e. The minimum atomic E-state index is 0.485. The summed E-state index contributed by atoms with van der Waals surface area (Å²) in [6, 6.07) is 14.4. The van der Waals surface area contributed by atoms with Crippen LogP contribution in [0, 0.1) is 5.92 Å². The second kappa shape index (κ2) is 8.09. The van der Waals surface area contributed by atoms with Gasteiger partial charge in [0.1, 0.15) is 11.3 Å². The molecule has 0 aliphatic rings. The minimum absolute atomic E-state index is 0.485. The van der Waals surface area contributed by atoms with E-state index in [1.54, 1.807) is 7.11 Å². The van der Waals surface area contributed by atoms with E-state index in [1.165, 1.54) is 11.1 Å². The van der Waals surface area contributed by atoms with Crippen LogP contribution in [-0.2, 0) is 19.6 Å². The number of hydrogen-bond acceptors (Lipinski definition) is 5. The van der Waals surface area contributed by atoms with Crippen LogP contribution >= 0.6 is 0 Å². The number of ether oxygens (including phenoxy) is 1. The summed E-state index contributed by atoms with van der Waals surface area (Å²) in [4.78, 5) is 9.07. The molecule has 2 aromatic carbocycles. The summed E-state index contributed by atoms with van der Waals surface area (Å²) in [6.45, 7) is 6.83. The summed E-state index contributed by atoms with van der Waals surface area (Å²) in [5.41, 5.74) is 11.3. The predicted octanol–water partition coefficient (Wildman–Crippen LogP) is 4.12. The lowest BCUT2D eigenvalue weighted by Crippen LogP contribution is -2.12. The highest BCUT2D eigenvalue weighted by atomic mass is 16.5. The number of pyridine rings is 1. The third kappa shape index (κ3) is 4.03. The molecule has 150 valence electrons. The fourth-order valence-corrected chi connectivity index (χ4v) is 3.68. The van der Waals surface area contributed by atoms with Gasteiger partial charge in [-0.05, 0) is 41.3 Å². The average Bonchev–Trinajstić information content (AvgIpc) is 3.12. The van der Waals surface area contributed by atoms with Gasteiger partial charge in [-0.2, -0.15) is 0 Å². The van der Waals surface area contributed by atoms with Crippen molar-refractivity contribution in [2.75, 3.05) is 12.8 Å². The van der Waals surface area contributed by atoms with Gasteiger partial charge in [0.25, 0.3) is 0 Å². The maximum Gasteiger partial charge on any atom is 0.152 e. The van der Waals surface area contributed by atoms with Crippen LogP contribution < -0.4 is 15.8 Å². The highest BCUT2D eigenvalue weighted by Gasteiger charge is 2.13. The van der Waals surface area contributed by atoms with Crippen LogP contribution in [0.3, 0.4) is 0 Å². The molecule has 0 bridgehead atoms. The number of hydrogen-bond donors (Lipinski definition) is 2. The number of nitrogen functional groups attached to an aromatic ring is 1. The van der Waals surface area contributed by atoms with E-state index in [0.717, 1.165) is 47.3 Å². The van der Waals surface area contributed by atoms with Crippen LogP contribution in [0.15, 0.2) is 48.8 Å². The molecule has 4 aromatic rings. The number of anilines is 1. The molecule has 0 fully saturated rings. The number of nitrogens with two attached hydrogens (primary N) is 1. The second-order valence-electron chi connectivity index (χ2n) is 7.79.